The van der Waals surface area contributed by atoms with Gasteiger partial charge < -0.3 is 5.32 Å². The van der Waals surface area contributed by atoms with E-state index in [9.17, 15) is 0 Å². The quantitative estimate of drug-likeness (QED) is 0.843. The normalized spacial score (nSPS) is 23.1. The highest BCUT2D eigenvalue weighted by atomic mass is 32.1. The summed E-state index contributed by atoms with van der Waals surface area (Å²) in [5, 5.41) is 5.46. The molecule has 84 valence electrons. The Morgan fingerprint density at radius 3 is 3.27 bits per heavy atom. The summed E-state index contributed by atoms with van der Waals surface area (Å²) in [7, 11) is 2.05. The molecule has 1 aliphatic rings. The summed E-state index contributed by atoms with van der Waals surface area (Å²) in [5.41, 5.74) is 0. The zero-order valence-corrected chi connectivity index (χ0v) is 10.2. The Kier molecular flexibility index (Phi) is 4.18. The van der Waals surface area contributed by atoms with Gasteiger partial charge in [0.15, 0.2) is 0 Å². The molecule has 15 heavy (non-hydrogen) atoms. The van der Waals surface area contributed by atoms with E-state index in [1.54, 1.807) is 0 Å². The smallest absolute Gasteiger partial charge is 0.0328 e. The highest BCUT2D eigenvalue weighted by molar-refractivity contribution is 7.09. The second-order valence-electron chi connectivity index (χ2n) is 4.38. The molecule has 1 aromatic rings. The summed E-state index contributed by atoms with van der Waals surface area (Å²) in [6.45, 7) is 4.86. The first-order chi connectivity index (χ1) is 7.38. The van der Waals surface area contributed by atoms with Gasteiger partial charge in [0.1, 0.15) is 0 Å². The van der Waals surface area contributed by atoms with Gasteiger partial charge in [0.25, 0.3) is 0 Å². The van der Waals surface area contributed by atoms with Gasteiger partial charge in [-0.25, -0.2) is 0 Å². The van der Waals surface area contributed by atoms with Crippen molar-refractivity contribution in [1.82, 2.24) is 10.2 Å². The maximum atomic E-state index is 3.29. The zero-order chi connectivity index (χ0) is 10.5. The molecular formula is C12H20N2S. The Bertz CT molecular complexity index is 269. The second-order valence-corrected chi connectivity index (χ2v) is 5.41. The molecule has 1 N–H and O–H groups in total. The summed E-state index contributed by atoms with van der Waals surface area (Å²) < 4.78 is 0. The molecule has 0 amide bonds. The minimum Gasteiger partial charge on any atom is -0.319 e. The number of thiophene rings is 1. The van der Waals surface area contributed by atoms with Crippen molar-refractivity contribution in [3.8, 4) is 0 Å². The van der Waals surface area contributed by atoms with Crippen LogP contribution in [0.5, 0.6) is 0 Å². The number of likely N-dealkylation sites (tertiary alicyclic amines) is 1. The van der Waals surface area contributed by atoms with Gasteiger partial charge in [-0.1, -0.05) is 6.07 Å². The fraction of sp³-hybridized carbons (Fsp3) is 0.667. The molecule has 0 bridgehead atoms. The molecular weight excluding hydrogens is 204 g/mol. The van der Waals surface area contributed by atoms with E-state index in [1.165, 1.54) is 37.4 Å². The van der Waals surface area contributed by atoms with Crippen LogP contribution in [0.3, 0.4) is 0 Å². The number of hydrogen-bond acceptors (Lipinski definition) is 3. The minimum atomic E-state index is 0.851. The standard InChI is InChI=1S/C12H20N2S/c1-13-8-11-4-2-6-14(9-11)10-12-5-3-7-15-12/h3,5,7,11,13H,2,4,6,8-10H2,1H3. The third kappa shape index (κ3) is 3.30. The SMILES string of the molecule is CNCC1CCCN(Cc2cccs2)C1. The Balaban J connectivity index is 1.82. The Morgan fingerprint density at radius 2 is 2.53 bits per heavy atom. The molecule has 0 aliphatic carbocycles. The molecule has 0 saturated carbocycles. The molecule has 1 unspecified atom stereocenters. The highest BCUT2D eigenvalue weighted by Gasteiger charge is 2.19. The fourth-order valence-electron chi connectivity index (χ4n) is 2.37. The van der Waals surface area contributed by atoms with Crippen molar-refractivity contribution >= 4 is 11.3 Å². The van der Waals surface area contributed by atoms with E-state index in [0.717, 1.165) is 12.5 Å². The predicted molar refractivity (Wildman–Crippen MR) is 66.2 cm³/mol. The van der Waals surface area contributed by atoms with Gasteiger partial charge >= 0.3 is 0 Å². The van der Waals surface area contributed by atoms with Gasteiger partial charge in [0, 0.05) is 18.0 Å². The summed E-state index contributed by atoms with van der Waals surface area (Å²) in [4.78, 5) is 4.09. The van der Waals surface area contributed by atoms with Crippen molar-refractivity contribution in [2.24, 2.45) is 5.92 Å². The first-order valence-corrected chi connectivity index (χ1v) is 6.66. The van der Waals surface area contributed by atoms with Gasteiger partial charge in [0.05, 0.1) is 0 Å². The van der Waals surface area contributed by atoms with E-state index >= 15 is 0 Å². The van der Waals surface area contributed by atoms with Gasteiger partial charge in [-0.2, -0.15) is 0 Å². The van der Waals surface area contributed by atoms with Crippen LogP contribution in [0.15, 0.2) is 17.5 Å². The van der Waals surface area contributed by atoms with E-state index < -0.39 is 0 Å². The maximum Gasteiger partial charge on any atom is 0.0328 e. The second kappa shape index (κ2) is 5.64. The van der Waals surface area contributed by atoms with Crippen LogP contribution in [0.1, 0.15) is 17.7 Å². The molecule has 1 aromatic heterocycles. The number of nitrogens with zero attached hydrogens (tertiary/aromatic N) is 1. The molecule has 2 rings (SSSR count). The van der Waals surface area contributed by atoms with Crippen LogP contribution in [-0.4, -0.2) is 31.6 Å². The molecule has 0 radical (unpaired) electrons. The van der Waals surface area contributed by atoms with Crippen LogP contribution < -0.4 is 5.32 Å². The molecule has 2 heterocycles. The summed E-state index contributed by atoms with van der Waals surface area (Å²) >= 11 is 1.87. The largest absolute Gasteiger partial charge is 0.319 e. The lowest BCUT2D eigenvalue weighted by Crippen LogP contribution is -2.38. The van der Waals surface area contributed by atoms with Gasteiger partial charge in [0.2, 0.25) is 0 Å². The van der Waals surface area contributed by atoms with E-state index in [4.69, 9.17) is 0 Å². The van der Waals surface area contributed by atoms with Crippen LogP contribution in [0, 0.1) is 5.92 Å². The summed E-state index contributed by atoms with van der Waals surface area (Å²) in [6.07, 6.45) is 2.75. The zero-order valence-electron chi connectivity index (χ0n) is 9.41. The van der Waals surface area contributed by atoms with Crippen molar-refractivity contribution in [2.75, 3.05) is 26.7 Å². The topological polar surface area (TPSA) is 15.3 Å². The fourth-order valence-corrected chi connectivity index (χ4v) is 3.12. The van der Waals surface area contributed by atoms with Crippen molar-refractivity contribution in [3.05, 3.63) is 22.4 Å². The highest BCUT2D eigenvalue weighted by Crippen LogP contribution is 2.19. The monoisotopic (exact) mass is 224 g/mol. The number of piperidine rings is 1. The number of rotatable bonds is 4. The molecule has 0 spiro atoms. The van der Waals surface area contributed by atoms with Crippen molar-refractivity contribution in [3.63, 3.8) is 0 Å². The molecule has 1 aliphatic heterocycles. The lowest BCUT2D eigenvalue weighted by atomic mass is 9.98. The molecule has 0 aromatic carbocycles. The number of hydrogen-bond donors (Lipinski definition) is 1. The molecule has 1 saturated heterocycles. The molecule has 1 fully saturated rings. The van der Waals surface area contributed by atoms with Gasteiger partial charge in [-0.05, 0) is 50.3 Å². The lowest BCUT2D eigenvalue weighted by molar-refractivity contribution is 0.168. The van der Waals surface area contributed by atoms with E-state index in [0.29, 0.717) is 0 Å². The van der Waals surface area contributed by atoms with Crippen molar-refractivity contribution in [1.29, 1.82) is 0 Å². The first kappa shape index (κ1) is 11.1. The lowest BCUT2D eigenvalue weighted by Gasteiger charge is -2.32. The maximum absolute atomic E-state index is 3.29. The van der Waals surface area contributed by atoms with E-state index in [-0.39, 0.29) is 0 Å². The molecule has 3 heteroatoms. The predicted octanol–water partition coefficient (Wildman–Crippen LogP) is 2.18. The molecule has 2 nitrogen and oxygen atoms in total. The van der Waals surface area contributed by atoms with Crippen molar-refractivity contribution < 1.29 is 0 Å². The Morgan fingerprint density at radius 1 is 1.60 bits per heavy atom. The van der Waals surface area contributed by atoms with Crippen LogP contribution >= 0.6 is 11.3 Å². The first-order valence-electron chi connectivity index (χ1n) is 5.78. The third-order valence-electron chi connectivity index (χ3n) is 3.06. The number of nitrogens with one attached hydrogen (secondary N) is 1. The van der Waals surface area contributed by atoms with Gasteiger partial charge in [-0.15, -0.1) is 11.3 Å². The Hall–Kier alpha value is -0.380. The van der Waals surface area contributed by atoms with Crippen LogP contribution in [0.25, 0.3) is 0 Å². The summed E-state index contributed by atoms with van der Waals surface area (Å²) in [6, 6.07) is 4.39. The van der Waals surface area contributed by atoms with E-state index in [2.05, 4.69) is 34.8 Å². The minimum absolute atomic E-state index is 0.851. The third-order valence-corrected chi connectivity index (χ3v) is 3.92. The Labute approximate surface area is 96.3 Å². The van der Waals surface area contributed by atoms with E-state index in [1.807, 2.05) is 11.3 Å². The van der Waals surface area contributed by atoms with Crippen LogP contribution in [0.2, 0.25) is 0 Å². The van der Waals surface area contributed by atoms with Crippen molar-refractivity contribution in [2.45, 2.75) is 19.4 Å². The van der Waals surface area contributed by atoms with Crippen LogP contribution in [-0.2, 0) is 6.54 Å². The summed E-state index contributed by atoms with van der Waals surface area (Å²) in [5.74, 6) is 0.851. The van der Waals surface area contributed by atoms with Crippen LogP contribution in [0.4, 0.5) is 0 Å². The molecule has 1 atom stereocenters. The van der Waals surface area contributed by atoms with Gasteiger partial charge in [-0.3, -0.25) is 4.90 Å². The average Bonchev–Trinajstić information content (AvgIpc) is 2.71. The average molecular weight is 224 g/mol.